The molecule has 1 aliphatic heterocycles. The Hall–Kier alpha value is -4.41. The number of hydrogen-bond donors (Lipinski definition) is 3. The van der Waals surface area contributed by atoms with E-state index in [0.717, 1.165) is 29.6 Å². The molecule has 2 aromatic carbocycles. The summed E-state index contributed by atoms with van der Waals surface area (Å²) >= 11 is 0. The Kier molecular flexibility index (Phi) is 7.72. The van der Waals surface area contributed by atoms with Crippen LogP contribution in [0.25, 0.3) is 22.0 Å². The number of para-hydroxylation sites is 1. The topological polar surface area (TPSA) is 107 Å². The van der Waals surface area contributed by atoms with E-state index in [1.165, 1.54) is 12.1 Å². The van der Waals surface area contributed by atoms with E-state index in [0.29, 0.717) is 48.3 Å². The number of nitrogens with zero attached hydrogens (tertiary/aromatic N) is 5. The molecule has 2 aromatic heterocycles. The second-order valence-electron chi connectivity index (χ2n) is 10.4. The van der Waals surface area contributed by atoms with Crippen LogP contribution in [0, 0.1) is 5.82 Å². The van der Waals surface area contributed by atoms with Crippen molar-refractivity contribution < 1.29 is 14.3 Å². The molecule has 3 heterocycles. The lowest BCUT2D eigenvalue weighted by Crippen LogP contribution is -2.50. The molecule has 5 rings (SSSR count). The monoisotopic (exact) mass is 541 g/mol. The van der Waals surface area contributed by atoms with Crippen LogP contribution in [0.4, 0.5) is 27.5 Å². The zero-order valence-electron chi connectivity index (χ0n) is 22.6. The number of β-amino-alcohol motifs (C(OH)–C–C–N with tert-alkyl or cyclic N) is 1. The number of aliphatic hydroxyl groups is 1. The number of anilines is 4. The van der Waals surface area contributed by atoms with Gasteiger partial charge in [-0.25, -0.2) is 19.3 Å². The maximum atomic E-state index is 15.2. The highest BCUT2D eigenvalue weighted by Gasteiger charge is 2.24. The van der Waals surface area contributed by atoms with Crippen molar-refractivity contribution in [2.45, 2.75) is 19.4 Å². The van der Waals surface area contributed by atoms with Gasteiger partial charge in [0, 0.05) is 61.8 Å². The van der Waals surface area contributed by atoms with Gasteiger partial charge in [0.2, 0.25) is 11.9 Å². The number of carbonyl (C=O) groups is 1. The Morgan fingerprint density at radius 2 is 1.93 bits per heavy atom. The number of nitrogens with one attached hydrogen (secondary N) is 2. The Bertz CT molecular complexity index is 1550. The molecule has 1 fully saturated rings. The molecule has 1 aliphatic rings. The van der Waals surface area contributed by atoms with E-state index >= 15 is 4.39 Å². The average Bonchev–Trinajstić information content (AvgIpc) is 2.92. The second kappa shape index (κ2) is 11.4. The van der Waals surface area contributed by atoms with Gasteiger partial charge in [0.05, 0.1) is 16.8 Å². The second-order valence-corrected chi connectivity index (χ2v) is 10.4. The van der Waals surface area contributed by atoms with Crippen LogP contribution in [0.5, 0.6) is 0 Å². The number of halogens is 1. The van der Waals surface area contributed by atoms with Gasteiger partial charge in [-0.1, -0.05) is 24.8 Å². The smallest absolute Gasteiger partial charge is 0.248 e. The summed E-state index contributed by atoms with van der Waals surface area (Å²) in [4.78, 5) is 29.3. The first-order valence-electron chi connectivity index (χ1n) is 13.1. The van der Waals surface area contributed by atoms with Gasteiger partial charge < -0.3 is 20.6 Å². The quantitative estimate of drug-likeness (QED) is 0.278. The number of pyridine rings is 1. The molecule has 206 valence electrons. The van der Waals surface area contributed by atoms with Crippen molar-refractivity contribution in [1.29, 1.82) is 0 Å². The molecule has 0 atom stereocenters. The number of hydrogen-bond acceptors (Lipinski definition) is 8. The molecule has 0 radical (unpaired) electrons. The highest BCUT2D eigenvalue weighted by atomic mass is 19.1. The SMILES string of the molecule is C=CC(=O)Nc1cc(-c2cccc3cnc(Nc4ccc(N5CCN(CC(C)(C)O)CC5)c(F)c4)nc23)ccn1. The molecule has 0 bridgehead atoms. The first-order chi connectivity index (χ1) is 19.2. The lowest BCUT2D eigenvalue weighted by molar-refractivity contribution is -0.111. The fraction of sp³-hybridized carbons (Fsp3) is 0.267. The van der Waals surface area contributed by atoms with Gasteiger partial charge in [0.25, 0.3) is 0 Å². The Morgan fingerprint density at radius 3 is 2.65 bits per heavy atom. The van der Waals surface area contributed by atoms with Gasteiger partial charge in [-0.3, -0.25) is 9.69 Å². The maximum absolute atomic E-state index is 15.2. The fourth-order valence-electron chi connectivity index (χ4n) is 4.86. The first-order valence-corrected chi connectivity index (χ1v) is 13.1. The molecule has 9 nitrogen and oxygen atoms in total. The van der Waals surface area contributed by atoms with Crippen molar-refractivity contribution in [3.05, 3.63) is 79.4 Å². The van der Waals surface area contributed by atoms with Crippen molar-refractivity contribution in [2.24, 2.45) is 0 Å². The summed E-state index contributed by atoms with van der Waals surface area (Å²) in [5, 5.41) is 16.7. The van der Waals surface area contributed by atoms with Gasteiger partial charge in [-0.15, -0.1) is 0 Å². The van der Waals surface area contributed by atoms with E-state index in [1.54, 1.807) is 38.4 Å². The molecule has 4 aromatic rings. The van der Waals surface area contributed by atoms with E-state index in [1.807, 2.05) is 35.2 Å². The summed E-state index contributed by atoms with van der Waals surface area (Å²) in [5.74, 6) is 0.0681. The van der Waals surface area contributed by atoms with E-state index in [4.69, 9.17) is 4.98 Å². The number of piperazine rings is 1. The lowest BCUT2D eigenvalue weighted by atomic mass is 10.0. The number of amides is 1. The van der Waals surface area contributed by atoms with Crippen molar-refractivity contribution in [3.8, 4) is 11.1 Å². The Morgan fingerprint density at radius 1 is 1.12 bits per heavy atom. The summed E-state index contributed by atoms with van der Waals surface area (Å²) in [5.41, 5.74) is 2.70. The summed E-state index contributed by atoms with van der Waals surface area (Å²) in [6.07, 6.45) is 4.52. The van der Waals surface area contributed by atoms with Crippen molar-refractivity contribution in [2.75, 3.05) is 48.3 Å². The molecule has 0 saturated carbocycles. The normalized spacial score (nSPS) is 14.2. The zero-order chi connectivity index (χ0) is 28.3. The Labute approximate surface area is 232 Å². The molecule has 0 spiro atoms. The zero-order valence-corrected chi connectivity index (χ0v) is 22.6. The Balaban J connectivity index is 1.34. The minimum atomic E-state index is -0.753. The van der Waals surface area contributed by atoms with Crippen LogP contribution in [0.15, 0.2) is 73.6 Å². The molecule has 40 heavy (non-hydrogen) atoms. The van der Waals surface area contributed by atoms with Crippen LogP contribution >= 0.6 is 0 Å². The molecular formula is C30H32FN7O2. The van der Waals surface area contributed by atoms with Crippen LogP contribution in [0.3, 0.4) is 0 Å². The third-order valence-corrected chi connectivity index (χ3v) is 6.65. The predicted molar refractivity (Wildman–Crippen MR) is 156 cm³/mol. The number of rotatable bonds is 8. The van der Waals surface area contributed by atoms with Gasteiger partial charge >= 0.3 is 0 Å². The number of fused-ring (bicyclic) bond motifs is 1. The van der Waals surface area contributed by atoms with Crippen LogP contribution in [-0.4, -0.2) is 69.2 Å². The molecule has 0 unspecified atom stereocenters. The van der Waals surface area contributed by atoms with E-state index < -0.39 is 5.60 Å². The minimum absolute atomic E-state index is 0.326. The van der Waals surface area contributed by atoms with Gasteiger partial charge in [0.15, 0.2) is 0 Å². The first kappa shape index (κ1) is 27.2. The molecule has 3 N–H and O–H groups in total. The van der Waals surface area contributed by atoms with Crippen LogP contribution < -0.4 is 15.5 Å². The standard InChI is InChI=1S/C30H32FN7O2/c1-4-27(39)35-26-16-20(10-11-32-26)23-7-5-6-21-18-33-29(36-28(21)23)34-22-8-9-25(24(31)17-22)38-14-12-37(13-15-38)19-30(2,3)40/h4-11,16-18,40H,1,12-15,19H2,2-3H3,(H,32,35,39)(H,33,34,36). The highest BCUT2D eigenvalue weighted by molar-refractivity contribution is 5.99. The highest BCUT2D eigenvalue weighted by Crippen LogP contribution is 2.30. The molecule has 1 amide bonds. The summed E-state index contributed by atoms with van der Waals surface area (Å²) in [6.45, 7) is 10.5. The van der Waals surface area contributed by atoms with Gasteiger partial charge in [0.1, 0.15) is 11.6 Å². The van der Waals surface area contributed by atoms with E-state index in [-0.39, 0.29) is 11.7 Å². The van der Waals surface area contributed by atoms with Crippen molar-refractivity contribution in [1.82, 2.24) is 19.9 Å². The molecule has 10 heteroatoms. The summed E-state index contributed by atoms with van der Waals surface area (Å²) < 4.78 is 15.2. The number of benzene rings is 2. The third-order valence-electron chi connectivity index (χ3n) is 6.65. The lowest BCUT2D eigenvalue weighted by Gasteiger charge is -2.38. The average molecular weight is 542 g/mol. The minimum Gasteiger partial charge on any atom is -0.389 e. The van der Waals surface area contributed by atoms with Crippen molar-refractivity contribution >= 4 is 40.0 Å². The number of aromatic nitrogens is 3. The molecular weight excluding hydrogens is 509 g/mol. The van der Waals surface area contributed by atoms with Gasteiger partial charge in [-0.2, -0.15) is 0 Å². The van der Waals surface area contributed by atoms with Crippen LogP contribution in [0.2, 0.25) is 0 Å². The van der Waals surface area contributed by atoms with Crippen molar-refractivity contribution in [3.63, 3.8) is 0 Å². The van der Waals surface area contributed by atoms with Crippen LogP contribution in [-0.2, 0) is 4.79 Å². The number of carbonyl (C=O) groups excluding carboxylic acids is 1. The summed E-state index contributed by atoms with van der Waals surface area (Å²) in [6, 6.07) is 14.4. The van der Waals surface area contributed by atoms with E-state index in [2.05, 4.69) is 32.1 Å². The molecule has 0 aliphatic carbocycles. The van der Waals surface area contributed by atoms with Gasteiger partial charge in [-0.05, 0) is 55.8 Å². The fourth-order valence-corrected chi connectivity index (χ4v) is 4.86. The third kappa shape index (κ3) is 6.41. The maximum Gasteiger partial charge on any atom is 0.248 e. The van der Waals surface area contributed by atoms with E-state index in [9.17, 15) is 9.90 Å². The largest absolute Gasteiger partial charge is 0.389 e. The molecule has 1 saturated heterocycles. The predicted octanol–water partition coefficient (Wildman–Crippen LogP) is 4.59. The summed E-state index contributed by atoms with van der Waals surface area (Å²) in [7, 11) is 0. The van der Waals surface area contributed by atoms with Crippen LogP contribution in [0.1, 0.15) is 13.8 Å².